The van der Waals surface area contributed by atoms with Crippen molar-refractivity contribution < 1.29 is 22.3 Å². The van der Waals surface area contributed by atoms with E-state index in [1.807, 2.05) is 26.0 Å². The Hall–Kier alpha value is -2.29. The summed E-state index contributed by atoms with van der Waals surface area (Å²) in [6.45, 7) is 4.12. The quantitative estimate of drug-likeness (QED) is 0.746. The molecule has 0 spiro atoms. The maximum Gasteiger partial charge on any atom is 0.243 e. The summed E-state index contributed by atoms with van der Waals surface area (Å²) in [4.78, 5) is 12.6. The Balaban J connectivity index is 1.82. The number of nitrogens with one attached hydrogen (secondary N) is 1. The summed E-state index contributed by atoms with van der Waals surface area (Å²) in [6, 6.07) is 10.1. The fourth-order valence-electron chi connectivity index (χ4n) is 3.26. The van der Waals surface area contributed by atoms with Gasteiger partial charge < -0.3 is 10.1 Å². The van der Waals surface area contributed by atoms with Crippen molar-refractivity contribution in [3.05, 3.63) is 59.4 Å². The van der Waals surface area contributed by atoms with Gasteiger partial charge in [-0.15, -0.1) is 0 Å². The van der Waals surface area contributed by atoms with Crippen molar-refractivity contribution in [1.82, 2.24) is 4.31 Å². The standard InChI is InChI=1S/C21H25FN2O4S/c1-15-5-3-7-20(16(15)2)23-21(25)14-24(13-18-6-4-12-28-18)29(26,27)19-10-8-17(22)9-11-19/h3,5,7-11,18H,4,6,12-14H2,1-2H3,(H,23,25). The van der Waals surface area contributed by atoms with Gasteiger partial charge in [-0.1, -0.05) is 12.1 Å². The highest BCUT2D eigenvalue weighted by molar-refractivity contribution is 7.89. The second kappa shape index (κ2) is 9.02. The monoisotopic (exact) mass is 420 g/mol. The molecule has 0 saturated carbocycles. The van der Waals surface area contributed by atoms with Gasteiger partial charge in [-0.25, -0.2) is 12.8 Å². The zero-order valence-corrected chi connectivity index (χ0v) is 17.3. The van der Waals surface area contributed by atoms with Crippen molar-refractivity contribution in [2.45, 2.75) is 37.7 Å². The number of ether oxygens (including phenoxy) is 1. The van der Waals surface area contributed by atoms with Gasteiger partial charge in [-0.2, -0.15) is 4.31 Å². The highest BCUT2D eigenvalue weighted by atomic mass is 32.2. The van der Waals surface area contributed by atoms with Crippen LogP contribution in [0.1, 0.15) is 24.0 Å². The lowest BCUT2D eigenvalue weighted by atomic mass is 10.1. The molecule has 1 aliphatic rings. The van der Waals surface area contributed by atoms with E-state index in [9.17, 15) is 17.6 Å². The molecule has 1 fully saturated rings. The van der Waals surface area contributed by atoms with Gasteiger partial charge in [0, 0.05) is 18.8 Å². The van der Waals surface area contributed by atoms with Gasteiger partial charge in [0.25, 0.3) is 0 Å². The zero-order chi connectivity index (χ0) is 21.0. The van der Waals surface area contributed by atoms with Crippen LogP contribution in [-0.2, 0) is 19.6 Å². The Morgan fingerprint density at radius 1 is 1.21 bits per heavy atom. The molecule has 156 valence electrons. The summed E-state index contributed by atoms with van der Waals surface area (Å²) in [5, 5.41) is 2.79. The molecule has 1 N–H and O–H groups in total. The molecule has 2 aromatic carbocycles. The van der Waals surface area contributed by atoms with Gasteiger partial charge in [-0.3, -0.25) is 4.79 Å². The van der Waals surface area contributed by atoms with E-state index in [1.165, 1.54) is 12.1 Å². The molecule has 1 atom stereocenters. The maximum absolute atomic E-state index is 13.2. The number of halogens is 1. The van der Waals surface area contributed by atoms with Crippen LogP contribution in [-0.4, -0.2) is 44.4 Å². The van der Waals surface area contributed by atoms with Gasteiger partial charge in [0.05, 0.1) is 17.5 Å². The number of hydrogen-bond donors (Lipinski definition) is 1. The number of hydrogen-bond acceptors (Lipinski definition) is 4. The second-order valence-electron chi connectivity index (χ2n) is 7.18. The molecule has 1 heterocycles. The third-order valence-corrected chi connectivity index (χ3v) is 6.91. The van der Waals surface area contributed by atoms with Crippen LogP contribution in [0.25, 0.3) is 0 Å². The third-order valence-electron chi connectivity index (χ3n) is 5.08. The van der Waals surface area contributed by atoms with Crippen molar-refractivity contribution in [3.63, 3.8) is 0 Å². The number of rotatable bonds is 7. The number of carbonyl (C=O) groups excluding carboxylic acids is 1. The lowest BCUT2D eigenvalue weighted by Gasteiger charge is -2.24. The molecule has 1 unspecified atom stereocenters. The molecule has 6 nitrogen and oxygen atoms in total. The molecule has 29 heavy (non-hydrogen) atoms. The number of carbonyl (C=O) groups is 1. The fraction of sp³-hybridized carbons (Fsp3) is 0.381. The molecule has 0 radical (unpaired) electrons. The second-order valence-corrected chi connectivity index (χ2v) is 9.12. The fourth-order valence-corrected chi connectivity index (χ4v) is 4.68. The first-order valence-electron chi connectivity index (χ1n) is 9.51. The van der Waals surface area contributed by atoms with E-state index < -0.39 is 21.7 Å². The lowest BCUT2D eigenvalue weighted by Crippen LogP contribution is -2.42. The Morgan fingerprint density at radius 2 is 1.93 bits per heavy atom. The summed E-state index contributed by atoms with van der Waals surface area (Å²) in [6.07, 6.45) is 1.32. The third kappa shape index (κ3) is 5.20. The number of amides is 1. The first-order valence-corrected chi connectivity index (χ1v) is 10.9. The first kappa shape index (κ1) is 21.4. The highest BCUT2D eigenvalue weighted by Gasteiger charge is 2.31. The summed E-state index contributed by atoms with van der Waals surface area (Å²) in [7, 11) is -3.99. The molecule has 0 aliphatic carbocycles. The minimum Gasteiger partial charge on any atom is -0.377 e. The Labute approximate surface area is 170 Å². The molecule has 0 bridgehead atoms. The van der Waals surface area contributed by atoms with Crippen molar-refractivity contribution in [3.8, 4) is 0 Å². The minimum absolute atomic E-state index is 0.0589. The van der Waals surface area contributed by atoms with Gasteiger partial charge in [0.15, 0.2) is 0 Å². The molecule has 8 heteroatoms. The molecular formula is C21H25FN2O4S. The minimum atomic E-state index is -3.99. The van der Waals surface area contributed by atoms with E-state index >= 15 is 0 Å². The largest absolute Gasteiger partial charge is 0.377 e. The number of aryl methyl sites for hydroxylation is 1. The summed E-state index contributed by atoms with van der Waals surface area (Å²) >= 11 is 0. The van der Waals surface area contributed by atoms with Gasteiger partial charge in [0.2, 0.25) is 15.9 Å². The van der Waals surface area contributed by atoms with E-state index in [0.717, 1.165) is 40.4 Å². The summed E-state index contributed by atoms with van der Waals surface area (Å²) in [5.74, 6) is -0.968. The lowest BCUT2D eigenvalue weighted by molar-refractivity contribution is -0.116. The van der Waals surface area contributed by atoms with Crippen LogP contribution in [0.2, 0.25) is 0 Å². The molecule has 0 aromatic heterocycles. The maximum atomic E-state index is 13.2. The predicted octanol–water partition coefficient (Wildman–Crippen LogP) is 3.25. The topological polar surface area (TPSA) is 75.7 Å². The van der Waals surface area contributed by atoms with E-state index in [1.54, 1.807) is 6.07 Å². The van der Waals surface area contributed by atoms with E-state index in [2.05, 4.69) is 5.32 Å². The molecular weight excluding hydrogens is 395 g/mol. The number of anilines is 1. The van der Waals surface area contributed by atoms with Gasteiger partial charge >= 0.3 is 0 Å². The van der Waals surface area contributed by atoms with Crippen molar-refractivity contribution in [2.24, 2.45) is 0 Å². The van der Waals surface area contributed by atoms with E-state index in [-0.39, 0.29) is 24.1 Å². The molecule has 1 aliphatic heterocycles. The molecule has 2 aromatic rings. The average Bonchev–Trinajstić information content (AvgIpc) is 3.18. The Kier molecular flexibility index (Phi) is 6.66. The van der Waals surface area contributed by atoms with Gasteiger partial charge in [-0.05, 0) is 68.1 Å². The average molecular weight is 421 g/mol. The summed E-state index contributed by atoms with van der Waals surface area (Å²) < 4.78 is 46.1. The van der Waals surface area contributed by atoms with Crippen LogP contribution < -0.4 is 5.32 Å². The SMILES string of the molecule is Cc1cccc(NC(=O)CN(CC2CCCO2)S(=O)(=O)c2ccc(F)cc2)c1C. The predicted molar refractivity (Wildman–Crippen MR) is 109 cm³/mol. The molecule has 1 saturated heterocycles. The van der Waals surface area contributed by atoms with E-state index in [4.69, 9.17) is 4.74 Å². The Bertz CT molecular complexity index is 971. The van der Waals surface area contributed by atoms with Crippen LogP contribution in [0.3, 0.4) is 0 Å². The normalized spacial score (nSPS) is 16.9. The first-order chi connectivity index (χ1) is 13.8. The number of nitrogens with zero attached hydrogens (tertiary/aromatic N) is 1. The van der Waals surface area contributed by atoms with Gasteiger partial charge in [0.1, 0.15) is 5.82 Å². The van der Waals surface area contributed by atoms with Crippen LogP contribution in [0, 0.1) is 19.7 Å². The van der Waals surface area contributed by atoms with Crippen molar-refractivity contribution in [2.75, 3.05) is 25.0 Å². The van der Waals surface area contributed by atoms with Crippen molar-refractivity contribution >= 4 is 21.6 Å². The van der Waals surface area contributed by atoms with E-state index in [0.29, 0.717) is 12.3 Å². The highest BCUT2D eigenvalue weighted by Crippen LogP contribution is 2.22. The number of benzene rings is 2. The van der Waals surface area contributed by atoms with Crippen LogP contribution in [0.5, 0.6) is 0 Å². The zero-order valence-electron chi connectivity index (χ0n) is 16.5. The summed E-state index contributed by atoms with van der Waals surface area (Å²) in [5.41, 5.74) is 2.59. The van der Waals surface area contributed by atoms with Crippen LogP contribution in [0.4, 0.5) is 10.1 Å². The molecule has 3 rings (SSSR count). The van der Waals surface area contributed by atoms with Crippen LogP contribution >= 0.6 is 0 Å². The number of sulfonamides is 1. The molecule has 1 amide bonds. The van der Waals surface area contributed by atoms with Crippen LogP contribution in [0.15, 0.2) is 47.4 Å². The van der Waals surface area contributed by atoms with Crippen molar-refractivity contribution in [1.29, 1.82) is 0 Å². The smallest absolute Gasteiger partial charge is 0.243 e. The Morgan fingerprint density at radius 3 is 2.59 bits per heavy atom.